The molecule has 9 nitrogen and oxygen atoms in total. The van der Waals surface area contributed by atoms with Crippen molar-refractivity contribution in [2.24, 2.45) is 18.9 Å². The first-order chi connectivity index (χ1) is 19.9. The average molecular weight is 551 g/mol. The zero-order chi connectivity index (χ0) is 28.2. The summed E-state index contributed by atoms with van der Waals surface area (Å²) in [6, 6.07) is 12.5. The van der Waals surface area contributed by atoms with E-state index in [2.05, 4.69) is 50.9 Å². The van der Waals surface area contributed by atoms with Crippen LogP contribution in [0.25, 0.3) is 0 Å². The summed E-state index contributed by atoms with van der Waals surface area (Å²) in [4.78, 5) is 21.2. The van der Waals surface area contributed by atoms with Gasteiger partial charge in [-0.1, -0.05) is 19.1 Å². The van der Waals surface area contributed by atoms with Crippen molar-refractivity contribution in [3.8, 4) is 6.07 Å². The van der Waals surface area contributed by atoms with Gasteiger partial charge in [0.2, 0.25) is 0 Å². The fraction of sp³-hybridized carbons (Fsp3) is 0.531. The highest BCUT2D eigenvalue weighted by molar-refractivity contribution is 6.03. The van der Waals surface area contributed by atoms with E-state index in [4.69, 9.17) is 4.98 Å². The van der Waals surface area contributed by atoms with Crippen LogP contribution in [0.2, 0.25) is 0 Å². The molecule has 7 rings (SSSR count). The molecule has 3 aromatic rings. The van der Waals surface area contributed by atoms with Crippen LogP contribution in [0, 0.1) is 23.2 Å². The lowest BCUT2D eigenvalue weighted by Crippen LogP contribution is -2.43. The third-order valence-corrected chi connectivity index (χ3v) is 9.92. The van der Waals surface area contributed by atoms with Crippen molar-refractivity contribution in [3.05, 3.63) is 65.0 Å². The molecular weight excluding hydrogens is 512 g/mol. The van der Waals surface area contributed by atoms with E-state index in [1.54, 1.807) is 6.33 Å². The summed E-state index contributed by atoms with van der Waals surface area (Å²) in [5, 5.41) is 24.7. The fourth-order valence-corrected chi connectivity index (χ4v) is 7.35. The molecule has 2 N–H and O–H groups in total. The lowest BCUT2D eigenvalue weighted by atomic mass is 9.57. The minimum Gasteiger partial charge on any atom is -0.382 e. The first kappa shape index (κ1) is 26.1. The van der Waals surface area contributed by atoms with Gasteiger partial charge in [-0.25, -0.2) is 4.98 Å². The van der Waals surface area contributed by atoms with Crippen molar-refractivity contribution in [1.29, 1.82) is 5.26 Å². The van der Waals surface area contributed by atoms with Gasteiger partial charge in [-0.15, -0.1) is 10.2 Å². The number of fused-ring (bicyclic) bond motifs is 2. The number of nitriles is 1. The van der Waals surface area contributed by atoms with Gasteiger partial charge in [0, 0.05) is 55.5 Å². The number of rotatable bonds is 7. The largest absolute Gasteiger partial charge is 0.382 e. The van der Waals surface area contributed by atoms with E-state index in [-0.39, 0.29) is 22.7 Å². The Morgan fingerprint density at radius 1 is 1.27 bits per heavy atom. The molecule has 41 heavy (non-hydrogen) atoms. The highest BCUT2D eigenvalue weighted by atomic mass is 16.1. The van der Waals surface area contributed by atoms with Gasteiger partial charge >= 0.3 is 0 Å². The van der Waals surface area contributed by atoms with E-state index in [0.29, 0.717) is 18.0 Å². The molecule has 2 aliphatic carbocycles. The highest BCUT2D eigenvalue weighted by Gasteiger charge is 2.51. The Morgan fingerprint density at radius 3 is 2.85 bits per heavy atom. The lowest BCUT2D eigenvalue weighted by molar-refractivity contribution is 0.102. The predicted octanol–water partition coefficient (Wildman–Crippen LogP) is 4.57. The number of likely N-dealkylation sites (tertiary alicyclic amines) is 1. The van der Waals surface area contributed by atoms with Crippen LogP contribution in [0.1, 0.15) is 78.6 Å². The van der Waals surface area contributed by atoms with Crippen molar-refractivity contribution in [1.82, 2.24) is 24.6 Å². The molecule has 4 aliphatic rings. The number of hydrogen-bond donors (Lipinski definition) is 2. The van der Waals surface area contributed by atoms with Crippen molar-refractivity contribution < 1.29 is 4.79 Å². The second-order valence-electron chi connectivity index (χ2n) is 13.1. The summed E-state index contributed by atoms with van der Waals surface area (Å²) < 4.78 is 1.94. The number of piperidine rings is 1. The standard InChI is InChI=1S/C32H38N8O/c1-21-5-4-10-40(17-21)18-23-11-26(37-29-28(23)34-19-31(29)8-9-31)30(41)36-25-7-3-6-24(12-25)32(13-22(14-32)16-33)15-27-38-35-20-39(27)2/h3,6-7,11-12,20-22,34H,4-5,8-10,13-15,17-19H2,1-2H3,(H,36,41)/t21-,22?,32?/m0/s1. The second-order valence-corrected chi connectivity index (χ2v) is 13.1. The molecule has 1 spiro atoms. The van der Waals surface area contributed by atoms with Gasteiger partial charge in [0.25, 0.3) is 5.91 Å². The van der Waals surface area contributed by atoms with E-state index in [1.807, 2.05) is 29.8 Å². The molecule has 3 fully saturated rings. The number of carbonyl (C=O) groups is 1. The topological polar surface area (TPSA) is 112 Å². The summed E-state index contributed by atoms with van der Waals surface area (Å²) in [6.07, 6.45) is 8.74. The SMILES string of the molecule is C[C@H]1CCCN(Cc2cc(C(=O)Nc3cccc(C4(Cc5nncn5C)CC(C#N)C4)c3)nc3c2NCC32CC2)C1. The summed E-state index contributed by atoms with van der Waals surface area (Å²) >= 11 is 0. The Labute approximate surface area is 241 Å². The van der Waals surface area contributed by atoms with Crippen molar-refractivity contribution >= 4 is 17.3 Å². The maximum atomic E-state index is 13.7. The third-order valence-electron chi connectivity index (χ3n) is 9.92. The minimum atomic E-state index is -0.198. The Kier molecular flexibility index (Phi) is 6.35. The maximum Gasteiger partial charge on any atom is 0.274 e. The van der Waals surface area contributed by atoms with Gasteiger partial charge in [0.05, 0.1) is 17.5 Å². The molecule has 2 aliphatic heterocycles. The van der Waals surface area contributed by atoms with Crippen LogP contribution in [-0.4, -0.2) is 50.2 Å². The molecule has 1 amide bonds. The van der Waals surface area contributed by atoms with E-state index >= 15 is 0 Å². The number of aromatic nitrogens is 4. The Morgan fingerprint density at radius 2 is 2.12 bits per heavy atom. The zero-order valence-electron chi connectivity index (χ0n) is 24.0. The fourth-order valence-electron chi connectivity index (χ4n) is 7.35. The van der Waals surface area contributed by atoms with Gasteiger partial charge in [-0.05, 0) is 80.3 Å². The number of amides is 1. The van der Waals surface area contributed by atoms with Crippen LogP contribution in [0.3, 0.4) is 0 Å². The third kappa shape index (κ3) is 4.78. The Bertz CT molecular complexity index is 1530. The summed E-state index contributed by atoms with van der Waals surface area (Å²) in [5.74, 6) is 1.46. The predicted molar refractivity (Wildman–Crippen MR) is 156 cm³/mol. The zero-order valence-corrected chi connectivity index (χ0v) is 24.0. The van der Waals surface area contributed by atoms with Gasteiger partial charge in [0.1, 0.15) is 17.8 Å². The van der Waals surface area contributed by atoms with Gasteiger partial charge < -0.3 is 15.2 Å². The average Bonchev–Trinajstić information content (AvgIpc) is 3.49. The van der Waals surface area contributed by atoms with Crippen LogP contribution in [-0.2, 0) is 30.8 Å². The number of aryl methyl sites for hydroxylation is 1. The van der Waals surface area contributed by atoms with Crippen LogP contribution in [0.4, 0.5) is 11.4 Å². The summed E-state index contributed by atoms with van der Waals surface area (Å²) in [7, 11) is 1.95. The molecule has 2 saturated carbocycles. The van der Waals surface area contributed by atoms with Gasteiger partial charge in [-0.2, -0.15) is 5.26 Å². The molecule has 2 aromatic heterocycles. The van der Waals surface area contributed by atoms with Gasteiger partial charge in [0.15, 0.2) is 0 Å². The van der Waals surface area contributed by atoms with E-state index in [9.17, 15) is 10.1 Å². The molecule has 0 radical (unpaired) electrons. The van der Waals surface area contributed by atoms with Gasteiger partial charge in [-0.3, -0.25) is 9.69 Å². The number of hydrogen-bond acceptors (Lipinski definition) is 7. The lowest BCUT2D eigenvalue weighted by Gasteiger charge is -2.45. The van der Waals surface area contributed by atoms with Crippen molar-refractivity contribution in [2.45, 2.75) is 69.2 Å². The minimum absolute atomic E-state index is 0.0294. The first-order valence-electron chi connectivity index (χ1n) is 15.0. The monoisotopic (exact) mass is 550 g/mol. The molecule has 9 heteroatoms. The van der Waals surface area contributed by atoms with E-state index < -0.39 is 0 Å². The first-order valence-corrected chi connectivity index (χ1v) is 15.0. The molecule has 0 bridgehead atoms. The summed E-state index contributed by atoms with van der Waals surface area (Å²) in [6.45, 7) is 6.29. The van der Waals surface area contributed by atoms with E-state index in [0.717, 1.165) is 80.3 Å². The smallest absolute Gasteiger partial charge is 0.274 e. The molecule has 212 valence electrons. The molecule has 4 heterocycles. The molecule has 1 atom stereocenters. The number of nitrogens with one attached hydrogen (secondary N) is 2. The highest BCUT2D eigenvalue weighted by Crippen LogP contribution is 2.54. The van der Waals surface area contributed by atoms with Crippen LogP contribution >= 0.6 is 0 Å². The number of carbonyl (C=O) groups excluding carboxylic acids is 1. The van der Waals surface area contributed by atoms with Crippen LogP contribution < -0.4 is 10.6 Å². The Hall–Kier alpha value is -3.77. The number of benzene rings is 1. The number of pyridine rings is 1. The molecular formula is C32H38N8O. The summed E-state index contributed by atoms with van der Waals surface area (Å²) in [5.41, 5.74) is 5.68. The Balaban J connectivity index is 1.15. The quantitative estimate of drug-likeness (QED) is 0.443. The number of nitrogens with zero attached hydrogens (tertiary/aromatic N) is 6. The number of anilines is 2. The van der Waals surface area contributed by atoms with Crippen LogP contribution in [0.15, 0.2) is 36.7 Å². The molecule has 0 unspecified atom stereocenters. The normalized spacial score (nSPS) is 26.1. The van der Waals surface area contributed by atoms with Crippen molar-refractivity contribution in [2.75, 3.05) is 30.3 Å². The van der Waals surface area contributed by atoms with Crippen LogP contribution in [0.5, 0.6) is 0 Å². The van der Waals surface area contributed by atoms with E-state index in [1.165, 1.54) is 18.4 Å². The molecule has 1 aromatic carbocycles. The van der Waals surface area contributed by atoms with Crippen molar-refractivity contribution in [3.63, 3.8) is 0 Å². The molecule has 1 saturated heterocycles. The maximum absolute atomic E-state index is 13.7. The second kappa shape index (κ2) is 9.95.